The van der Waals surface area contributed by atoms with Gasteiger partial charge < -0.3 is 19.8 Å². The lowest BCUT2D eigenvalue weighted by Gasteiger charge is -2.11. The van der Waals surface area contributed by atoms with Crippen LogP contribution < -0.4 is 20.3 Å². The number of halogens is 2. The molecule has 0 atom stereocenters. The summed E-state index contributed by atoms with van der Waals surface area (Å²) in [5.41, 5.74) is 0.00995. The highest BCUT2D eigenvalue weighted by Gasteiger charge is 2.18. The van der Waals surface area contributed by atoms with Gasteiger partial charge in [-0.25, -0.2) is 13.9 Å². The summed E-state index contributed by atoms with van der Waals surface area (Å²) < 4.78 is 26.0. The summed E-state index contributed by atoms with van der Waals surface area (Å²) in [5, 5.41) is 3.11. The summed E-state index contributed by atoms with van der Waals surface area (Å²) in [7, 11) is 2.80. The second kappa shape index (κ2) is 9.57. The molecule has 4 rings (SSSR count). The fraction of sp³-hybridized carbons (Fsp3) is 0.136. The van der Waals surface area contributed by atoms with Crippen molar-refractivity contribution in [2.45, 2.75) is 6.54 Å². The lowest BCUT2D eigenvalue weighted by Crippen LogP contribution is -2.25. The number of aromatic amines is 1. The van der Waals surface area contributed by atoms with E-state index in [-0.39, 0.29) is 45.4 Å². The molecule has 0 saturated carbocycles. The van der Waals surface area contributed by atoms with Crippen LogP contribution in [0.15, 0.2) is 47.4 Å². The first-order chi connectivity index (χ1) is 16.3. The van der Waals surface area contributed by atoms with Crippen molar-refractivity contribution in [3.05, 3.63) is 79.7 Å². The highest BCUT2D eigenvalue weighted by Crippen LogP contribution is 2.23. The zero-order chi connectivity index (χ0) is 24.4. The number of rotatable bonds is 6. The summed E-state index contributed by atoms with van der Waals surface area (Å²) >= 11 is 11.3. The van der Waals surface area contributed by atoms with Crippen molar-refractivity contribution >= 4 is 40.6 Å². The molecule has 0 aliphatic rings. The Hall–Kier alpha value is -3.83. The second-order valence-electron chi connectivity index (χ2n) is 7.01. The van der Waals surface area contributed by atoms with E-state index < -0.39 is 17.3 Å². The lowest BCUT2D eigenvalue weighted by atomic mass is 10.1. The molecule has 2 heterocycles. The fourth-order valence-corrected chi connectivity index (χ4v) is 3.75. The van der Waals surface area contributed by atoms with Crippen molar-refractivity contribution in [2.75, 3.05) is 14.2 Å². The molecule has 0 saturated heterocycles. The Morgan fingerprint density at radius 3 is 2.76 bits per heavy atom. The Kier molecular flexibility index (Phi) is 6.57. The molecule has 0 radical (unpaired) electrons. The molecule has 4 aromatic rings. The Bertz CT molecular complexity index is 1540. The van der Waals surface area contributed by atoms with Gasteiger partial charge in [-0.15, -0.1) is 0 Å². The number of methoxy groups -OCH3 is 2. The summed E-state index contributed by atoms with van der Waals surface area (Å²) in [6, 6.07) is 9.11. The lowest BCUT2D eigenvalue weighted by molar-refractivity contribution is 0.0947. The van der Waals surface area contributed by atoms with E-state index in [9.17, 15) is 14.0 Å². The first-order valence-corrected chi connectivity index (χ1v) is 10.6. The van der Waals surface area contributed by atoms with E-state index in [0.717, 1.165) is 16.2 Å². The number of hydrogen-bond acceptors (Lipinski definition) is 7. The monoisotopic (exact) mass is 501 g/mol. The van der Waals surface area contributed by atoms with Gasteiger partial charge in [0.1, 0.15) is 5.82 Å². The maximum Gasteiger partial charge on any atom is 0.269 e. The fourth-order valence-electron chi connectivity index (χ4n) is 3.26. The van der Waals surface area contributed by atoms with Crippen LogP contribution in [0.4, 0.5) is 4.39 Å². The zero-order valence-electron chi connectivity index (χ0n) is 17.9. The number of carbonyl (C=O) groups excluding carboxylic acids is 1. The van der Waals surface area contributed by atoms with Crippen LogP contribution in [0.3, 0.4) is 0 Å². The van der Waals surface area contributed by atoms with Crippen LogP contribution in [0.25, 0.3) is 16.9 Å². The number of carbonyl (C=O) groups is 1. The third-order valence-electron chi connectivity index (χ3n) is 4.89. The van der Waals surface area contributed by atoms with Gasteiger partial charge in [0, 0.05) is 11.6 Å². The molecular formula is C22H17ClFN5O4S. The molecule has 34 heavy (non-hydrogen) atoms. The van der Waals surface area contributed by atoms with Gasteiger partial charge in [-0.1, -0.05) is 23.7 Å². The SMILES string of the molecule is COc1cnc(-n2c(=S)[nH]c3cc(C(=O)NCc4cccc(Cl)c4)c(F)cc3c2=O)nc1OC. The van der Waals surface area contributed by atoms with E-state index in [1.807, 2.05) is 0 Å². The summed E-state index contributed by atoms with van der Waals surface area (Å²) in [6.45, 7) is 0.144. The molecule has 0 aliphatic carbocycles. The van der Waals surface area contributed by atoms with Crippen molar-refractivity contribution in [3.8, 4) is 17.6 Å². The Morgan fingerprint density at radius 2 is 2.06 bits per heavy atom. The van der Waals surface area contributed by atoms with Gasteiger partial charge in [0.05, 0.1) is 36.9 Å². The maximum absolute atomic E-state index is 14.9. The molecular weight excluding hydrogens is 485 g/mol. The molecule has 2 aromatic carbocycles. The standard InChI is InChI=1S/C22H17ClFN5O4S/c1-32-17-10-26-21(28-19(17)33-2)29-20(31)14-7-15(24)13(8-16(14)27-22(29)34)18(30)25-9-11-4-3-5-12(23)6-11/h3-8,10H,9H2,1-2H3,(H,25,30)(H,27,34). The van der Waals surface area contributed by atoms with Gasteiger partial charge in [0.25, 0.3) is 17.3 Å². The number of nitrogens with one attached hydrogen (secondary N) is 2. The van der Waals surface area contributed by atoms with Gasteiger partial charge in [0.2, 0.25) is 5.95 Å². The Morgan fingerprint density at radius 1 is 1.26 bits per heavy atom. The minimum absolute atomic E-state index is 0.0455. The largest absolute Gasteiger partial charge is 0.490 e. The van der Waals surface area contributed by atoms with Gasteiger partial charge >= 0.3 is 0 Å². The van der Waals surface area contributed by atoms with E-state index in [1.54, 1.807) is 24.3 Å². The number of benzene rings is 2. The first kappa shape index (κ1) is 23.3. The number of hydrogen-bond donors (Lipinski definition) is 2. The first-order valence-electron chi connectivity index (χ1n) is 9.79. The average Bonchev–Trinajstić information content (AvgIpc) is 2.82. The van der Waals surface area contributed by atoms with Crippen molar-refractivity contribution < 1.29 is 18.7 Å². The summed E-state index contributed by atoms with van der Waals surface area (Å²) in [4.78, 5) is 36.8. The van der Waals surface area contributed by atoms with Crippen LogP contribution in [-0.2, 0) is 6.54 Å². The van der Waals surface area contributed by atoms with E-state index in [0.29, 0.717) is 5.02 Å². The van der Waals surface area contributed by atoms with Crippen molar-refractivity contribution in [3.63, 3.8) is 0 Å². The predicted molar refractivity (Wildman–Crippen MR) is 126 cm³/mol. The molecule has 9 nitrogen and oxygen atoms in total. The van der Waals surface area contributed by atoms with Gasteiger partial charge in [0.15, 0.2) is 10.5 Å². The number of H-pyrrole nitrogens is 1. The van der Waals surface area contributed by atoms with Crippen LogP contribution in [0.5, 0.6) is 11.6 Å². The highest BCUT2D eigenvalue weighted by atomic mass is 35.5. The van der Waals surface area contributed by atoms with Gasteiger partial charge in [-0.05, 0) is 42.0 Å². The number of ether oxygens (including phenoxy) is 2. The number of amides is 1. The maximum atomic E-state index is 14.9. The Labute approximate surface area is 202 Å². The molecule has 2 aromatic heterocycles. The van der Waals surface area contributed by atoms with Crippen LogP contribution >= 0.6 is 23.8 Å². The molecule has 12 heteroatoms. The van der Waals surface area contributed by atoms with Crippen molar-refractivity contribution in [1.29, 1.82) is 0 Å². The molecule has 0 fully saturated rings. The predicted octanol–water partition coefficient (Wildman–Crippen LogP) is 3.58. The molecule has 0 bridgehead atoms. The zero-order valence-corrected chi connectivity index (χ0v) is 19.5. The van der Waals surface area contributed by atoms with Crippen LogP contribution in [-0.4, -0.2) is 39.6 Å². The third-order valence-corrected chi connectivity index (χ3v) is 5.41. The third kappa shape index (κ3) is 4.47. The van der Waals surface area contributed by atoms with Gasteiger partial charge in [-0.2, -0.15) is 4.98 Å². The van der Waals surface area contributed by atoms with Gasteiger partial charge in [-0.3, -0.25) is 9.59 Å². The number of nitrogens with zero attached hydrogens (tertiary/aromatic N) is 3. The summed E-state index contributed by atoms with van der Waals surface area (Å²) in [6.07, 6.45) is 1.32. The molecule has 174 valence electrons. The molecule has 0 spiro atoms. The van der Waals surface area contributed by atoms with E-state index in [4.69, 9.17) is 33.3 Å². The quantitative estimate of drug-likeness (QED) is 0.388. The van der Waals surface area contributed by atoms with Crippen LogP contribution in [0.1, 0.15) is 15.9 Å². The molecule has 0 unspecified atom stereocenters. The smallest absolute Gasteiger partial charge is 0.269 e. The number of aromatic nitrogens is 4. The minimum atomic E-state index is -0.876. The van der Waals surface area contributed by atoms with E-state index in [2.05, 4.69) is 20.3 Å². The van der Waals surface area contributed by atoms with E-state index >= 15 is 0 Å². The summed E-state index contributed by atoms with van der Waals surface area (Å²) in [5.74, 6) is -1.28. The van der Waals surface area contributed by atoms with Crippen molar-refractivity contribution in [2.24, 2.45) is 0 Å². The molecule has 0 aliphatic heterocycles. The van der Waals surface area contributed by atoms with Crippen molar-refractivity contribution in [1.82, 2.24) is 24.8 Å². The van der Waals surface area contributed by atoms with E-state index in [1.165, 1.54) is 26.5 Å². The normalized spacial score (nSPS) is 10.8. The number of fused-ring (bicyclic) bond motifs is 1. The van der Waals surface area contributed by atoms with Crippen LogP contribution in [0.2, 0.25) is 5.02 Å². The highest BCUT2D eigenvalue weighted by molar-refractivity contribution is 7.71. The topological polar surface area (TPSA) is 111 Å². The Balaban J connectivity index is 1.72. The molecule has 2 N–H and O–H groups in total. The van der Waals surface area contributed by atoms with Crippen LogP contribution in [0, 0.1) is 10.6 Å². The second-order valence-corrected chi connectivity index (χ2v) is 7.83. The average molecular weight is 502 g/mol. The molecule has 1 amide bonds. The minimum Gasteiger partial charge on any atom is -0.490 e.